The molecule has 2 rings (SSSR count). The molecule has 1 aliphatic rings. The number of aromatic nitrogens is 2. The van der Waals surface area contributed by atoms with Crippen LogP contribution in [0.15, 0.2) is 12.3 Å². The Hall–Kier alpha value is -1.53. The summed E-state index contributed by atoms with van der Waals surface area (Å²) in [6.45, 7) is 6.97. The molecule has 6 heteroatoms. The summed E-state index contributed by atoms with van der Waals surface area (Å²) in [6.07, 6.45) is 1.78. The molecule has 1 atom stereocenters. The zero-order valence-electron chi connectivity index (χ0n) is 12.3. The average Bonchev–Trinajstić information content (AvgIpc) is 2.41. The number of likely N-dealkylation sites (N-methyl/N-ethyl adjacent to an activating group) is 1. The van der Waals surface area contributed by atoms with Crippen LogP contribution in [0.2, 0.25) is 0 Å². The van der Waals surface area contributed by atoms with Crippen molar-refractivity contribution < 1.29 is 9.90 Å². The third-order valence-electron chi connectivity index (χ3n) is 3.65. The maximum atomic E-state index is 11.2. The van der Waals surface area contributed by atoms with E-state index in [-0.39, 0.29) is 0 Å². The van der Waals surface area contributed by atoms with E-state index in [1.54, 1.807) is 6.20 Å². The number of piperazine rings is 1. The summed E-state index contributed by atoms with van der Waals surface area (Å²) in [5, 5.41) is 9.22. The van der Waals surface area contributed by atoms with Gasteiger partial charge in [-0.2, -0.15) is 0 Å². The van der Waals surface area contributed by atoms with Crippen molar-refractivity contribution in [2.45, 2.75) is 32.4 Å². The Kier molecular flexibility index (Phi) is 4.67. The van der Waals surface area contributed by atoms with Crippen LogP contribution in [0.4, 0.5) is 0 Å². The second-order valence-electron chi connectivity index (χ2n) is 5.63. The molecular formula is C14H22N4O2. The summed E-state index contributed by atoms with van der Waals surface area (Å²) in [5.74, 6) is 0.378. The zero-order valence-corrected chi connectivity index (χ0v) is 12.3. The maximum Gasteiger partial charge on any atom is 0.322 e. The summed E-state index contributed by atoms with van der Waals surface area (Å²) >= 11 is 0. The molecule has 20 heavy (non-hydrogen) atoms. The van der Waals surface area contributed by atoms with Crippen LogP contribution in [0.1, 0.15) is 31.3 Å². The van der Waals surface area contributed by atoms with E-state index in [4.69, 9.17) is 0 Å². The van der Waals surface area contributed by atoms with Crippen molar-refractivity contribution in [2.75, 3.05) is 26.7 Å². The molecule has 6 nitrogen and oxygen atoms in total. The molecule has 1 aromatic rings. The smallest absolute Gasteiger partial charge is 0.322 e. The lowest BCUT2D eigenvalue weighted by atomic mass is 10.1. The largest absolute Gasteiger partial charge is 0.480 e. The van der Waals surface area contributed by atoms with Gasteiger partial charge in [0.25, 0.3) is 0 Å². The van der Waals surface area contributed by atoms with E-state index >= 15 is 0 Å². The van der Waals surface area contributed by atoms with Gasteiger partial charge in [0.05, 0.1) is 5.69 Å². The fourth-order valence-electron chi connectivity index (χ4n) is 2.35. The Bertz CT molecular complexity index is 478. The van der Waals surface area contributed by atoms with Crippen molar-refractivity contribution in [3.05, 3.63) is 23.8 Å². The van der Waals surface area contributed by atoms with Crippen molar-refractivity contribution in [1.82, 2.24) is 19.8 Å². The molecule has 1 N–H and O–H groups in total. The van der Waals surface area contributed by atoms with Crippen LogP contribution in [0, 0.1) is 0 Å². The highest BCUT2D eigenvalue weighted by atomic mass is 16.4. The third-order valence-corrected chi connectivity index (χ3v) is 3.65. The highest BCUT2D eigenvalue weighted by Gasteiger charge is 2.29. The van der Waals surface area contributed by atoms with Crippen LogP contribution in [-0.2, 0) is 11.3 Å². The van der Waals surface area contributed by atoms with E-state index in [0.29, 0.717) is 19.0 Å². The molecule has 110 valence electrons. The van der Waals surface area contributed by atoms with Gasteiger partial charge in [0.15, 0.2) is 0 Å². The molecule has 1 aromatic heterocycles. The topological polar surface area (TPSA) is 69.6 Å². The number of aliphatic carboxylic acids is 1. The molecule has 0 aromatic carbocycles. The Morgan fingerprint density at radius 2 is 2.25 bits per heavy atom. The molecule has 0 bridgehead atoms. The van der Waals surface area contributed by atoms with E-state index in [1.165, 1.54) is 0 Å². The predicted molar refractivity (Wildman–Crippen MR) is 75.5 cm³/mol. The number of rotatable bonds is 4. The molecule has 0 saturated carbocycles. The van der Waals surface area contributed by atoms with E-state index in [9.17, 15) is 9.90 Å². The Labute approximate surface area is 119 Å². The molecule has 1 saturated heterocycles. The quantitative estimate of drug-likeness (QED) is 0.878. The van der Waals surface area contributed by atoms with Gasteiger partial charge >= 0.3 is 5.97 Å². The lowest BCUT2D eigenvalue weighted by Crippen LogP contribution is -2.54. The van der Waals surface area contributed by atoms with Gasteiger partial charge in [-0.25, -0.2) is 9.97 Å². The van der Waals surface area contributed by atoms with Crippen molar-refractivity contribution >= 4 is 5.97 Å². The maximum absolute atomic E-state index is 11.2. The molecule has 0 amide bonds. The number of nitrogens with zero attached hydrogens (tertiary/aromatic N) is 4. The summed E-state index contributed by atoms with van der Waals surface area (Å²) in [4.78, 5) is 24.0. The Morgan fingerprint density at radius 3 is 2.90 bits per heavy atom. The van der Waals surface area contributed by atoms with Crippen molar-refractivity contribution in [1.29, 1.82) is 0 Å². The monoisotopic (exact) mass is 278 g/mol. The highest BCUT2D eigenvalue weighted by Crippen LogP contribution is 2.13. The minimum atomic E-state index is -0.761. The molecule has 0 radical (unpaired) electrons. The minimum Gasteiger partial charge on any atom is -0.480 e. The normalized spacial score (nSPS) is 21.3. The molecular weight excluding hydrogens is 256 g/mol. The summed E-state index contributed by atoms with van der Waals surface area (Å²) in [6, 6.07) is 1.47. The predicted octanol–water partition coefficient (Wildman–Crippen LogP) is 0.801. The molecule has 0 aliphatic carbocycles. The van der Waals surface area contributed by atoms with Crippen molar-refractivity contribution in [3.63, 3.8) is 0 Å². The number of carbonyl (C=O) groups is 1. The molecule has 1 fully saturated rings. The highest BCUT2D eigenvalue weighted by molar-refractivity contribution is 5.73. The van der Waals surface area contributed by atoms with E-state index in [1.807, 2.05) is 18.0 Å². The first kappa shape index (κ1) is 14.9. The standard InChI is InChI=1S/C14H22N4O2/c1-10(2)13-15-5-4-11(16-13)8-18-7-6-17(3)12(9-18)14(19)20/h4-5,10,12H,6-9H2,1-3H3,(H,19,20)/t12-/m1/s1. The van der Waals surface area contributed by atoms with Gasteiger partial charge in [-0.15, -0.1) is 0 Å². The molecule has 1 aliphatic heterocycles. The Balaban J connectivity index is 2.03. The van der Waals surface area contributed by atoms with Crippen LogP contribution in [-0.4, -0.2) is 63.6 Å². The van der Waals surface area contributed by atoms with Gasteiger partial charge < -0.3 is 5.11 Å². The summed E-state index contributed by atoms with van der Waals surface area (Å²) in [7, 11) is 1.86. The molecule has 0 spiro atoms. The van der Waals surface area contributed by atoms with Crippen LogP contribution >= 0.6 is 0 Å². The number of carboxylic acid groups (broad SMARTS) is 1. The van der Waals surface area contributed by atoms with E-state index in [0.717, 1.165) is 24.6 Å². The van der Waals surface area contributed by atoms with Crippen molar-refractivity contribution in [3.8, 4) is 0 Å². The number of hydrogen-bond acceptors (Lipinski definition) is 5. The SMILES string of the molecule is CC(C)c1nccc(CN2CCN(C)[C@@H](C(=O)O)C2)n1. The van der Waals surface area contributed by atoms with Gasteiger partial charge in [0.2, 0.25) is 0 Å². The van der Waals surface area contributed by atoms with Crippen LogP contribution < -0.4 is 0 Å². The lowest BCUT2D eigenvalue weighted by Gasteiger charge is -2.36. The number of hydrogen-bond donors (Lipinski definition) is 1. The summed E-state index contributed by atoms with van der Waals surface area (Å²) in [5.41, 5.74) is 0.956. The third kappa shape index (κ3) is 3.52. The van der Waals surface area contributed by atoms with Gasteiger partial charge in [-0.3, -0.25) is 14.6 Å². The Morgan fingerprint density at radius 1 is 1.50 bits per heavy atom. The van der Waals surface area contributed by atoms with E-state index < -0.39 is 12.0 Å². The minimum absolute atomic E-state index is 0.300. The van der Waals surface area contributed by atoms with Gasteiger partial charge in [0, 0.05) is 38.3 Å². The first-order valence-corrected chi connectivity index (χ1v) is 6.94. The molecule has 2 heterocycles. The van der Waals surface area contributed by atoms with Gasteiger partial charge in [-0.1, -0.05) is 13.8 Å². The van der Waals surface area contributed by atoms with Crippen LogP contribution in [0.25, 0.3) is 0 Å². The fraction of sp³-hybridized carbons (Fsp3) is 0.643. The van der Waals surface area contributed by atoms with Gasteiger partial charge in [-0.05, 0) is 13.1 Å². The first-order chi connectivity index (χ1) is 9.47. The summed E-state index contributed by atoms with van der Waals surface area (Å²) < 4.78 is 0. The van der Waals surface area contributed by atoms with Crippen LogP contribution in [0.5, 0.6) is 0 Å². The van der Waals surface area contributed by atoms with Gasteiger partial charge in [0.1, 0.15) is 11.9 Å². The average molecular weight is 278 g/mol. The van der Waals surface area contributed by atoms with Crippen LogP contribution in [0.3, 0.4) is 0 Å². The second kappa shape index (κ2) is 6.28. The fourth-order valence-corrected chi connectivity index (χ4v) is 2.35. The van der Waals surface area contributed by atoms with E-state index in [2.05, 4.69) is 28.7 Å². The second-order valence-corrected chi connectivity index (χ2v) is 5.63. The first-order valence-electron chi connectivity index (χ1n) is 6.94. The molecule has 0 unspecified atom stereocenters. The lowest BCUT2D eigenvalue weighted by molar-refractivity contribution is -0.145. The zero-order chi connectivity index (χ0) is 14.7. The van der Waals surface area contributed by atoms with Crippen molar-refractivity contribution in [2.24, 2.45) is 0 Å². The number of carboxylic acids is 1.